The summed E-state index contributed by atoms with van der Waals surface area (Å²) in [7, 11) is 1.55. The molecule has 9 heteroatoms. The van der Waals surface area contributed by atoms with E-state index in [2.05, 4.69) is 55.6 Å². The molecule has 0 saturated carbocycles. The van der Waals surface area contributed by atoms with E-state index in [9.17, 15) is 19.4 Å². The van der Waals surface area contributed by atoms with Crippen molar-refractivity contribution in [3.05, 3.63) is 48.6 Å². The summed E-state index contributed by atoms with van der Waals surface area (Å²) < 4.78 is 23.7. The van der Waals surface area contributed by atoms with Crippen LogP contribution in [-0.4, -0.2) is 73.4 Å². The van der Waals surface area contributed by atoms with Crippen molar-refractivity contribution in [1.29, 1.82) is 0 Å². The van der Waals surface area contributed by atoms with E-state index in [1.165, 1.54) is 218 Å². The van der Waals surface area contributed by atoms with E-state index in [-0.39, 0.29) is 19.1 Å². The van der Waals surface area contributed by atoms with Gasteiger partial charge in [0.2, 0.25) is 5.91 Å². The van der Waals surface area contributed by atoms with Gasteiger partial charge in [-0.15, -0.1) is 0 Å². The Balaban J connectivity index is 4.15. The van der Waals surface area contributed by atoms with Crippen LogP contribution in [0, 0.1) is 0 Å². The molecule has 412 valence electrons. The molecule has 0 aliphatic heterocycles. The first kappa shape index (κ1) is 68.5. The molecule has 1 amide bonds. The molecule has 0 radical (unpaired) electrons. The number of hydrogen-bond donors (Lipinski definition) is 3. The summed E-state index contributed by atoms with van der Waals surface area (Å²) in [5.41, 5.74) is 0. The summed E-state index contributed by atoms with van der Waals surface area (Å²) in [6.45, 7) is 4.81. The second-order valence-corrected chi connectivity index (χ2v) is 23.2. The SMILES string of the molecule is CCCCCCCCCC/C=C/CC/C=C/CC/C=C/C(O)C(COP(=O)(O)OCC[N+](C)(C)C)NC(=O)CCCCCCCCCCCCCCCC/C=C\CCCCCCCCCCCCCC. The summed E-state index contributed by atoms with van der Waals surface area (Å²) in [6.07, 6.45) is 69.4. The lowest BCUT2D eigenvalue weighted by Gasteiger charge is -2.25. The number of amides is 1. The fourth-order valence-corrected chi connectivity index (χ4v) is 9.51. The molecule has 0 heterocycles. The molecular formula is C61H118N2O6P+. The average Bonchev–Trinajstić information content (AvgIpc) is 3.32. The predicted octanol–water partition coefficient (Wildman–Crippen LogP) is 18.3. The van der Waals surface area contributed by atoms with Crippen molar-refractivity contribution in [3.63, 3.8) is 0 Å². The number of phosphoric ester groups is 1. The maximum absolute atomic E-state index is 13.0. The van der Waals surface area contributed by atoms with Gasteiger partial charge in [0.1, 0.15) is 13.2 Å². The molecule has 0 aromatic rings. The standard InChI is InChI=1S/C61H117N2O6P/c1-6-8-10-12-14-16-18-20-22-24-26-27-28-29-30-31-32-33-34-35-36-37-39-41-43-45-47-49-51-53-55-61(65)62-59(58-69-70(66,67)68-57-56-63(3,4)5)60(64)54-52-50-48-46-44-42-40-38-25-23-21-19-17-15-13-11-9-7-2/h25,29-30,38,44,46,52,54,59-60,64H,6-24,26-28,31-37,39-43,45,47-51,53,55-58H2,1-5H3,(H-,62,65,66,67)/p+1/b30-29-,38-25+,46-44+,54-52+. The minimum atomic E-state index is -4.36. The fourth-order valence-electron chi connectivity index (χ4n) is 8.78. The molecule has 0 aromatic carbocycles. The average molecular weight is 1010 g/mol. The van der Waals surface area contributed by atoms with Crippen molar-refractivity contribution in [3.8, 4) is 0 Å². The minimum absolute atomic E-state index is 0.0536. The third-order valence-electron chi connectivity index (χ3n) is 13.5. The van der Waals surface area contributed by atoms with E-state index >= 15 is 0 Å². The first-order valence-corrected chi connectivity index (χ1v) is 31.5. The number of nitrogens with one attached hydrogen (secondary N) is 1. The monoisotopic (exact) mass is 1010 g/mol. The van der Waals surface area contributed by atoms with E-state index in [0.717, 1.165) is 44.9 Å². The summed E-state index contributed by atoms with van der Waals surface area (Å²) in [4.78, 5) is 23.3. The van der Waals surface area contributed by atoms with E-state index in [4.69, 9.17) is 9.05 Å². The third-order valence-corrected chi connectivity index (χ3v) is 14.5. The van der Waals surface area contributed by atoms with Crippen LogP contribution in [0.25, 0.3) is 0 Å². The van der Waals surface area contributed by atoms with Crippen LogP contribution < -0.4 is 5.32 Å². The van der Waals surface area contributed by atoms with Crippen LogP contribution >= 0.6 is 7.82 Å². The number of aliphatic hydroxyl groups excluding tert-OH is 1. The topological polar surface area (TPSA) is 105 Å². The number of hydrogen-bond acceptors (Lipinski definition) is 5. The fraction of sp³-hybridized carbons (Fsp3) is 0.852. The van der Waals surface area contributed by atoms with E-state index in [1.807, 2.05) is 27.2 Å². The predicted molar refractivity (Wildman–Crippen MR) is 304 cm³/mol. The molecule has 0 fully saturated rings. The number of unbranched alkanes of at least 4 members (excludes halogenated alkanes) is 36. The van der Waals surface area contributed by atoms with Crippen LogP contribution in [0.5, 0.6) is 0 Å². The van der Waals surface area contributed by atoms with Gasteiger partial charge in [0, 0.05) is 6.42 Å². The number of carbonyl (C=O) groups excluding carboxylic acids is 1. The van der Waals surface area contributed by atoms with E-state index in [1.54, 1.807) is 6.08 Å². The molecule has 8 nitrogen and oxygen atoms in total. The van der Waals surface area contributed by atoms with Gasteiger partial charge in [-0.1, -0.05) is 255 Å². The van der Waals surface area contributed by atoms with Crippen molar-refractivity contribution in [2.45, 2.75) is 296 Å². The molecule has 0 bridgehead atoms. The second-order valence-electron chi connectivity index (χ2n) is 21.7. The Kier molecular flexibility index (Phi) is 51.2. The van der Waals surface area contributed by atoms with Gasteiger partial charge in [-0.25, -0.2) is 4.57 Å². The van der Waals surface area contributed by atoms with E-state index in [0.29, 0.717) is 17.4 Å². The number of allylic oxidation sites excluding steroid dienone is 7. The number of phosphoric acid groups is 1. The Labute approximate surface area is 435 Å². The molecule has 0 aliphatic rings. The van der Waals surface area contributed by atoms with Crippen molar-refractivity contribution in [2.75, 3.05) is 40.9 Å². The van der Waals surface area contributed by atoms with Crippen molar-refractivity contribution >= 4 is 13.7 Å². The third kappa shape index (κ3) is 54.2. The summed E-state index contributed by atoms with van der Waals surface area (Å²) in [5.74, 6) is -0.188. The van der Waals surface area contributed by atoms with Gasteiger partial charge in [-0.2, -0.15) is 0 Å². The molecule has 3 atom stereocenters. The molecular weight excluding hydrogens is 888 g/mol. The summed E-state index contributed by atoms with van der Waals surface area (Å²) in [5, 5.41) is 13.9. The van der Waals surface area contributed by atoms with Crippen LogP contribution in [0.3, 0.4) is 0 Å². The maximum atomic E-state index is 13.0. The smallest absolute Gasteiger partial charge is 0.387 e. The molecule has 3 unspecified atom stereocenters. The zero-order chi connectivity index (χ0) is 51.3. The highest BCUT2D eigenvalue weighted by Crippen LogP contribution is 2.43. The van der Waals surface area contributed by atoms with Gasteiger partial charge < -0.3 is 19.8 Å². The molecule has 0 aliphatic carbocycles. The van der Waals surface area contributed by atoms with Crippen molar-refractivity contribution in [1.82, 2.24) is 5.32 Å². The highest BCUT2D eigenvalue weighted by molar-refractivity contribution is 7.47. The molecule has 0 rings (SSSR count). The number of nitrogens with zero attached hydrogens (tertiary/aromatic N) is 1. The van der Waals surface area contributed by atoms with Gasteiger partial charge in [0.25, 0.3) is 0 Å². The Morgan fingerprint density at radius 3 is 1.14 bits per heavy atom. The molecule has 0 aromatic heterocycles. The molecule has 0 spiro atoms. The summed E-state index contributed by atoms with van der Waals surface area (Å²) >= 11 is 0. The van der Waals surface area contributed by atoms with Gasteiger partial charge in [0.15, 0.2) is 0 Å². The van der Waals surface area contributed by atoms with Crippen LogP contribution in [0.4, 0.5) is 0 Å². The Morgan fingerprint density at radius 1 is 0.471 bits per heavy atom. The summed E-state index contributed by atoms with van der Waals surface area (Å²) in [6, 6.07) is -0.870. The Bertz CT molecular complexity index is 1280. The largest absolute Gasteiger partial charge is 0.472 e. The van der Waals surface area contributed by atoms with Crippen LogP contribution in [0.15, 0.2) is 48.6 Å². The second kappa shape index (κ2) is 52.3. The van der Waals surface area contributed by atoms with Crippen LogP contribution in [0.2, 0.25) is 0 Å². The molecule has 70 heavy (non-hydrogen) atoms. The minimum Gasteiger partial charge on any atom is -0.387 e. The highest BCUT2D eigenvalue weighted by Gasteiger charge is 2.27. The number of aliphatic hydroxyl groups is 1. The van der Waals surface area contributed by atoms with Gasteiger partial charge >= 0.3 is 7.82 Å². The first-order chi connectivity index (χ1) is 34.0. The lowest BCUT2D eigenvalue weighted by atomic mass is 10.0. The number of carbonyl (C=O) groups is 1. The number of quaternary nitrogens is 1. The van der Waals surface area contributed by atoms with Gasteiger partial charge in [-0.05, 0) is 70.6 Å². The van der Waals surface area contributed by atoms with Crippen molar-refractivity contribution < 1.29 is 32.9 Å². The van der Waals surface area contributed by atoms with Gasteiger partial charge in [-0.3, -0.25) is 13.8 Å². The van der Waals surface area contributed by atoms with E-state index < -0.39 is 20.0 Å². The first-order valence-electron chi connectivity index (χ1n) is 30.0. The number of rotatable bonds is 55. The normalized spacial score (nSPS) is 14.2. The molecule has 0 saturated heterocycles. The zero-order valence-electron chi connectivity index (χ0n) is 47.0. The Morgan fingerprint density at radius 2 is 0.786 bits per heavy atom. The lowest BCUT2D eigenvalue weighted by Crippen LogP contribution is -2.45. The molecule has 3 N–H and O–H groups in total. The Hall–Kier alpha value is -1.54. The zero-order valence-corrected chi connectivity index (χ0v) is 47.9. The van der Waals surface area contributed by atoms with Gasteiger partial charge in [0.05, 0.1) is 39.9 Å². The van der Waals surface area contributed by atoms with Crippen LogP contribution in [-0.2, 0) is 18.4 Å². The highest BCUT2D eigenvalue weighted by atomic mass is 31.2. The van der Waals surface area contributed by atoms with Crippen LogP contribution in [0.1, 0.15) is 284 Å². The maximum Gasteiger partial charge on any atom is 0.472 e. The quantitative estimate of drug-likeness (QED) is 0.0243. The lowest BCUT2D eigenvalue weighted by molar-refractivity contribution is -0.870. The van der Waals surface area contributed by atoms with Crippen molar-refractivity contribution in [2.24, 2.45) is 0 Å². The number of likely N-dealkylation sites (N-methyl/N-ethyl adjacent to an activating group) is 1.